The molecular weight excluding hydrogens is 486 g/mol. The van der Waals surface area contributed by atoms with E-state index >= 15 is 0 Å². The van der Waals surface area contributed by atoms with Crippen LogP contribution in [0.3, 0.4) is 0 Å². The highest BCUT2D eigenvalue weighted by molar-refractivity contribution is 6.52. The minimum absolute atomic E-state index is 0.109. The fourth-order valence-electron chi connectivity index (χ4n) is 4.48. The average molecular weight is 514 g/mol. The largest absolute Gasteiger partial charge is 0.454 e. The number of anilines is 2. The Kier molecular flexibility index (Phi) is 6.36. The van der Waals surface area contributed by atoms with Gasteiger partial charge in [-0.3, -0.25) is 24.1 Å². The lowest BCUT2D eigenvalue weighted by molar-refractivity contribution is -0.143. The fraction of sp³-hybridized carbons (Fsp3) is 0.241. The molecule has 0 radical (unpaired) electrons. The van der Waals surface area contributed by atoms with Gasteiger partial charge < -0.3 is 19.7 Å². The predicted octanol–water partition coefficient (Wildman–Crippen LogP) is 3.70. The highest BCUT2D eigenvalue weighted by Gasteiger charge is 2.42. The molecule has 2 heterocycles. The zero-order valence-corrected chi connectivity index (χ0v) is 21.3. The topological polar surface area (TPSA) is 105 Å². The fourth-order valence-corrected chi connectivity index (χ4v) is 4.48. The molecule has 5 rings (SSSR count). The Labute approximate surface area is 219 Å². The van der Waals surface area contributed by atoms with Crippen molar-refractivity contribution in [3.05, 3.63) is 83.4 Å². The lowest BCUT2D eigenvalue weighted by Gasteiger charge is -2.38. The maximum atomic E-state index is 13.8. The van der Waals surface area contributed by atoms with Crippen LogP contribution in [0.25, 0.3) is 0 Å². The van der Waals surface area contributed by atoms with Gasteiger partial charge in [-0.25, -0.2) is 0 Å². The molecule has 0 saturated carbocycles. The van der Waals surface area contributed by atoms with E-state index in [1.807, 2.05) is 31.2 Å². The van der Waals surface area contributed by atoms with Gasteiger partial charge in [0.2, 0.25) is 18.6 Å². The van der Waals surface area contributed by atoms with Crippen LogP contribution in [0.4, 0.5) is 11.4 Å². The van der Waals surface area contributed by atoms with Gasteiger partial charge in [0.1, 0.15) is 12.1 Å². The number of rotatable bonds is 7. The van der Waals surface area contributed by atoms with Crippen molar-refractivity contribution in [1.82, 2.24) is 4.90 Å². The third kappa shape index (κ3) is 4.58. The Morgan fingerprint density at radius 1 is 0.974 bits per heavy atom. The SMILES string of the molecule is Cc1ccc(CN(C(=O)CN2C(=O)C(=O)c3ccccc32)C(C)(C)C(=O)Nc2ccc3c(c2)OCO3)cc1. The van der Waals surface area contributed by atoms with Crippen molar-refractivity contribution in [2.24, 2.45) is 0 Å². The first kappa shape index (κ1) is 25.0. The minimum Gasteiger partial charge on any atom is -0.454 e. The molecule has 3 aromatic rings. The number of ketones is 1. The summed E-state index contributed by atoms with van der Waals surface area (Å²) in [5, 5.41) is 2.86. The number of nitrogens with zero attached hydrogens (tertiary/aromatic N) is 2. The molecule has 2 aliphatic rings. The van der Waals surface area contributed by atoms with Gasteiger partial charge in [-0.1, -0.05) is 42.0 Å². The van der Waals surface area contributed by atoms with Crippen molar-refractivity contribution in [1.29, 1.82) is 0 Å². The Bertz CT molecular complexity index is 1450. The number of para-hydroxylation sites is 1. The Morgan fingerprint density at radius 2 is 1.68 bits per heavy atom. The second kappa shape index (κ2) is 9.66. The molecular formula is C29H27N3O6. The summed E-state index contributed by atoms with van der Waals surface area (Å²) in [5.41, 5.74) is 1.68. The molecule has 194 valence electrons. The number of carbonyl (C=O) groups excluding carboxylic acids is 4. The van der Waals surface area contributed by atoms with Crippen LogP contribution in [0.2, 0.25) is 0 Å². The summed E-state index contributed by atoms with van der Waals surface area (Å²) in [5.74, 6) is -1.22. The van der Waals surface area contributed by atoms with Gasteiger partial charge in [0.15, 0.2) is 11.5 Å². The molecule has 0 aromatic heterocycles. The summed E-state index contributed by atoms with van der Waals surface area (Å²) < 4.78 is 10.7. The number of hydrogen-bond acceptors (Lipinski definition) is 6. The summed E-state index contributed by atoms with van der Waals surface area (Å²) in [4.78, 5) is 55.2. The zero-order valence-electron chi connectivity index (χ0n) is 21.3. The summed E-state index contributed by atoms with van der Waals surface area (Å²) >= 11 is 0. The van der Waals surface area contributed by atoms with Crippen LogP contribution >= 0.6 is 0 Å². The van der Waals surface area contributed by atoms with E-state index in [1.54, 1.807) is 56.3 Å². The predicted molar refractivity (Wildman–Crippen MR) is 140 cm³/mol. The number of carbonyl (C=O) groups is 4. The molecule has 0 unspecified atom stereocenters. The number of amides is 3. The van der Waals surface area contributed by atoms with Crippen LogP contribution in [0.15, 0.2) is 66.7 Å². The molecule has 9 nitrogen and oxygen atoms in total. The third-order valence-electron chi connectivity index (χ3n) is 6.80. The second-order valence-electron chi connectivity index (χ2n) is 9.78. The molecule has 0 bridgehead atoms. The number of fused-ring (bicyclic) bond motifs is 2. The third-order valence-corrected chi connectivity index (χ3v) is 6.80. The van der Waals surface area contributed by atoms with Crippen LogP contribution in [0.1, 0.15) is 35.3 Å². The Hall–Kier alpha value is -4.66. The van der Waals surface area contributed by atoms with E-state index in [-0.39, 0.29) is 25.4 Å². The smallest absolute Gasteiger partial charge is 0.299 e. The summed E-state index contributed by atoms with van der Waals surface area (Å²) in [6, 6.07) is 19.3. The van der Waals surface area contributed by atoms with Crippen LogP contribution in [0, 0.1) is 6.92 Å². The van der Waals surface area contributed by atoms with E-state index in [2.05, 4.69) is 5.32 Å². The molecule has 0 atom stereocenters. The summed E-state index contributed by atoms with van der Waals surface area (Å²) in [7, 11) is 0. The first-order chi connectivity index (χ1) is 18.1. The second-order valence-corrected chi connectivity index (χ2v) is 9.78. The Morgan fingerprint density at radius 3 is 2.45 bits per heavy atom. The first-order valence-corrected chi connectivity index (χ1v) is 12.2. The molecule has 0 saturated heterocycles. The van der Waals surface area contributed by atoms with Gasteiger partial charge in [0.25, 0.3) is 11.7 Å². The average Bonchev–Trinajstić information content (AvgIpc) is 3.46. The molecule has 1 N–H and O–H groups in total. The van der Waals surface area contributed by atoms with Crippen molar-refractivity contribution in [2.45, 2.75) is 32.9 Å². The highest BCUT2D eigenvalue weighted by atomic mass is 16.7. The lowest BCUT2D eigenvalue weighted by atomic mass is 9.99. The van der Waals surface area contributed by atoms with Gasteiger partial charge in [0, 0.05) is 18.3 Å². The van der Waals surface area contributed by atoms with Gasteiger partial charge in [-0.2, -0.15) is 0 Å². The van der Waals surface area contributed by atoms with Crippen molar-refractivity contribution >= 4 is 34.9 Å². The van der Waals surface area contributed by atoms with Crippen molar-refractivity contribution in [3.8, 4) is 11.5 Å². The maximum Gasteiger partial charge on any atom is 0.299 e. The molecule has 3 aromatic carbocycles. The van der Waals surface area contributed by atoms with E-state index in [1.165, 1.54) is 9.80 Å². The van der Waals surface area contributed by atoms with Crippen molar-refractivity contribution < 1.29 is 28.7 Å². The number of nitrogens with one attached hydrogen (secondary N) is 1. The number of aryl methyl sites for hydroxylation is 1. The quantitative estimate of drug-likeness (QED) is 0.483. The van der Waals surface area contributed by atoms with E-state index in [4.69, 9.17) is 9.47 Å². The van der Waals surface area contributed by atoms with Crippen molar-refractivity contribution in [3.63, 3.8) is 0 Å². The molecule has 0 spiro atoms. The van der Waals surface area contributed by atoms with Crippen LogP contribution in [-0.4, -0.2) is 47.3 Å². The normalized spacial score (nSPS) is 13.9. The molecule has 0 aliphatic carbocycles. The summed E-state index contributed by atoms with van der Waals surface area (Å²) in [6.07, 6.45) is 0. The number of hydrogen-bond donors (Lipinski definition) is 1. The van der Waals surface area contributed by atoms with Gasteiger partial charge in [-0.15, -0.1) is 0 Å². The standard InChI is InChI=1S/C29H27N3O6/c1-18-8-10-19(11-9-18)15-32(25(33)16-31-22-7-5-4-6-21(22)26(34)27(31)35)29(2,3)28(36)30-20-12-13-23-24(14-20)38-17-37-23/h4-14H,15-17H2,1-3H3,(H,30,36). The van der Waals surface area contributed by atoms with Gasteiger partial charge in [-0.05, 0) is 50.6 Å². The van der Waals surface area contributed by atoms with E-state index < -0.39 is 29.0 Å². The van der Waals surface area contributed by atoms with Crippen LogP contribution in [0.5, 0.6) is 11.5 Å². The van der Waals surface area contributed by atoms with E-state index in [0.717, 1.165) is 11.1 Å². The highest BCUT2D eigenvalue weighted by Crippen LogP contribution is 2.35. The van der Waals surface area contributed by atoms with Crippen molar-refractivity contribution in [2.75, 3.05) is 23.6 Å². The zero-order chi connectivity index (χ0) is 27.0. The molecule has 3 amide bonds. The molecule has 38 heavy (non-hydrogen) atoms. The van der Waals surface area contributed by atoms with Crippen LogP contribution in [-0.2, 0) is 20.9 Å². The minimum atomic E-state index is -1.33. The lowest BCUT2D eigenvalue weighted by Crippen LogP contribution is -2.57. The number of benzene rings is 3. The Balaban J connectivity index is 1.42. The number of ether oxygens (including phenoxy) is 2. The summed E-state index contributed by atoms with van der Waals surface area (Å²) in [6.45, 7) is 5.10. The van der Waals surface area contributed by atoms with Crippen LogP contribution < -0.4 is 19.7 Å². The number of Topliss-reactive ketones (excluding diaryl/α,β-unsaturated/α-hetero) is 1. The maximum absolute atomic E-state index is 13.8. The van der Waals surface area contributed by atoms with E-state index in [0.29, 0.717) is 22.9 Å². The monoisotopic (exact) mass is 513 g/mol. The molecule has 2 aliphatic heterocycles. The first-order valence-electron chi connectivity index (χ1n) is 12.2. The van der Waals surface area contributed by atoms with Gasteiger partial charge in [0.05, 0.1) is 11.3 Å². The molecule has 0 fully saturated rings. The van der Waals surface area contributed by atoms with E-state index in [9.17, 15) is 19.2 Å². The molecule has 9 heteroatoms. The van der Waals surface area contributed by atoms with Gasteiger partial charge >= 0.3 is 0 Å².